The van der Waals surface area contributed by atoms with Crippen LogP contribution in [0.25, 0.3) is 0 Å². The number of Topliss-reactive ketones (excluding diaryl/α,β-unsaturated/α-hetero) is 1. The number of hydrogen-bond acceptors (Lipinski definition) is 6. The fourth-order valence-electron chi connectivity index (χ4n) is 1.34. The van der Waals surface area contributed by atoms with Gasteiger partial charge in [-0.05, 0) is 13.0 Å². The van der Waals surface area contributed by atoms with Gasteiger partial charge in [-0.25, -0.2) is 4.98 Å². The van der Waals surface area contributed by atoms with E-state index in [-0.39, 0.29) is 30.7 Å². The van der Waals surface area contributed by atoms with Crippen molar-refractivity contribution in [2.75, 3.05) is 6.61 Å². The summed E-state index contributed by atoms with van der Waals surface area (Å²) in [6, 6.07) is 2.98. The van der Waals surface area contributed by atoms with Crippen LogP contribution in [0.2, 0.25) is 0 Å². The van der Waals surface area contributed by atoms with Crippen LogP contribution < -0.4 is 0 Å². The van der Waals surface area contributed by atoms with Crippen LogP contribution in [0, 0.1) is 11.3 Å². The zero-order valence-corrected chi connectivity index (χ0v) is 9.84. The zero-order valence-electron chi connectivity index (χ0n) is 9.84. The molecular formula is C12H12N2O4. The summed E-state index contributed by atoms with van der Waals surface area (Å²) >= 11 is 0. The Morgan fingerprint density at radius 2 is 2.22 bits per heavy atom. The number of aromatic hydroxyl groups is 1. The number of carbonyl (C=O) groups is 2. The maximum absolute atomic E-state index is 11.7. The molecule has 0 radical (unpaired) electrons. The lowest BCUT2D eigenvalue weighted by atomic mass is 10.1. The summed E-state index contributed by atoms with van der Waals surface area (Å²) in [6.45, 7) is 1.93. The molecule has 0 aliphatic rings. The second kappa shape index (κ2) is 6.35. The van der Waals surface area contributed by atoms with Crippen LogP contribution in [-0.4, -0.2) is 28.4 Å². The number of nitriles is 1. The molecule has 0 amide bonds. The van der Waals surface area contributed by atoms with Gasteiger partial charge in [-0.1, -0.05) is 0 Å². The van der Waals surface area contributed by atoms with Crippen molar-refractivity contribution in [1.29, 1.82) is 5.26 Å². The third-order valence-corrected chi connectivity index (χ3v) is 2.19. The standard InChI is InChI=1S/C12H12N2O4/c1-2-18-11(16)4-3-10(15)8-5-6-14-9(7-13)12(8)17/h5-6,17H,2-4H2,1H3. The summed E-state index contributed by atoms with van der Waals surface area (Å²) in [5, 5.41) is 18.3. The molecule has 0 bridgehead atoms. The minimum Gasteiger partial charge on any atom is -0.504 e. The molecular weight excluding hydrogens is 236 g/mol. The quantitative estimate of drug-likeness (QED) is 0.620. The third-order valence-electron chi connectivity index (χ3n) is 2.19. The van der Waals surface area contributed by atoms with E-state index in [4.69, 9.17) is 5.26 Å². The summed E-state index contributed by atoms with van der Waals surface area (Å²) in [4.78, 5) is 26.4. The van der Waals surface area contributed by atoms with E-state index in [1.54, 1.807) is 13.0 Å². The average molecular weight is 248 g/mol. The summed E-state index contributed by atoms with van der Waals surface area (Å²) in [7, 11) is 0. The molecule has 0 atom stereocenters. The number of hydrogen-bond donors (Lipinski definition) is 1. The predicted molar refractivity (Wildman–Crippen MR) is 60.8 cm³/mol. The molecule has 6 heteroatoms. The molecule has 6 nitrogen and oxygen atoms in total. The normalized spacial score (nSPS) is 9.56. The Balaban J connectivity index is 2.74. The highest BCUT2D eigenvalue weighted by molar-refractivity contribution is 6.00. The van der Waals surface area contributed by atoms with Crippen molar-refractivity contribution in [3.05, 3.63) is 23.5 Å². The molecule has 18 heavy (non-hydrogen) atoms. The van der Waals surface area contributed by atoms with Gasteiger partial charge in [0.25, 0.3) is 0 Å². The number of rotatable bonds is 5. The van der Waals surface area contributed by atoms with E-state index < -0.39 is 17.5 Å². The lowest BCUT2D eigenvalue weighted by Crippen LogP contribution is -2.08. The minimum absolute atomic E-state index is 0.00847. The van der Waals surface area contributed by atoms with Crippen LogP contribution >= 0.6 is 0 Å². The van der Waals surface area contributed by atoms with Gasteiger partial charge in [0.05, 0.1) is 18.6 Å². The van der Waals surface area contributed by atoms with Crippen molar-refractivity contribution in [2.45, 2.75) is 19.8 Å². The number of ether oxygens (including phenoxy) is 1. The first-order valence-corrected chi connectivity index (χ1v) is 5.37. The third kappa shape index (κ3) is 3.28. The van der Waals surface area contributed by atoms with E-state index in [0.717, 1.165) is 0 Å². The van der Waals surface area contributed by atoms with Gasteiger partial charge < -0.3 is 9.84 Å². The molecule has 0 saturated heterocycles. The summed E-state index contributed by atoms with van der Waals surface area (Å²) < 4.78 is 4.68. The van der Waals surface area contributed by atoms with Crippen LogP contribution in [0.5, 0.6) is 5.75 Å². The first kappa shape index (κ1) is 13.6. The lowest BCUT2D eigenvalue weighted by molar-refractivity contribution is -0.143. The Morgan fingerprint density at radius 3 is 2.83 bits per heavy atom. The van der Waals surface area contributed by atoms with Crippen molar-refractivity contribution in [3.63, 3.8) is 0 Å². The smallest absolute Gasteiger partial charge is 0.306 e. The zero-order chi connectivity index (χ0) is 13.5. The van der Waals surface area contributed by atoms with Gasteiger partial charge in [-0.15, -0.1) is 0 Å². The Kier molecular flexibility index (Phi) is 4.81. The van der Waals surface area contributed by atoms with E-state index in [9.17, 15) is 14.7 Å². The predicted octanol–water partition coefficient (Wildman–Crippen LogP) is 1.18. The average Bonchev–Trinajstić information content (AvgIpc) is 2.36. The number of carbonyl (C=O) groups excluding carboxylic acids is 2. The molecule has 1 N–H and O–H groups in total. The second-order valence-corrected chi connectivity index (χ2v) is 3.40. The highest BCUT2D eigenvalue weighted by Gasteiger charge is 2.16. The van der Waals surface area contributed by atoms with Crippen molar-refractivity contribution < 1.29 is 19.4 Å². The van der Waals surface area contributed by atoms with Crippen LogP contribution in [0.1, 0.15) is 35.8 Å². The molecule has 0 fully saturated rings. The van der Waals surface area contributed by atoms with Crippen LogP contribution in [0.15, 0.2) is 12.3 Å². The number of pyridine rings is 1. The van der Waals surface area contributed by atoms with Gasteiger partial charge in [0.15, 0.2) is 17.2 Å². The second-order valence-electron chi connectivity index (χ2n) is 3.40. The van der Waals surface area contributed by atoms with E-state index >= 15 is 0 Å². The molecule has 0 aliphatic carbocycles. The van der Waals surface area contributed by atoms with Gasteiger partial charge in [-0.3, -0.25) is 9.59 Å². The summed E-state index contributed by atoms with van der Waals surface area (Å²) in [5.74, 6) is -1.35. The first-order valence-electron chi connectivity index (χ1n) is 5.37. The summed E-state index contributed by atoms with van der Waals surface area (Å²) in [6.07, 6.45) is 1.12. The Labute approximate surface area is 104 Å². The molecule has 1 aromatic rings. The van der Waals surface area contributed by atoms with Gasteiger partial charge in [-0.2, -0.15) is 5.26 Å². The Bertz CT molecular complexity index is 505. The molecule has 1 rings (SSSR count). The fourth-order valence-corrected chi connectivity index (χ4v) is 1.34. The molecule has 0 aromatic carbocycles. The van der Waals surface area contributed by atoms with Crippen molar-refractivity contribution in [1.82, 2.24) is 4.98 Å². The monoisotopic (exact) mass is 248 g/mol. The van der Waals surface area contributed by atoms with Crippen LogP contribution in [-0.2, 0) is 9.53 Å². The van der Waals surface area contributed by atoms with Crippen LogP contribution in [0.3, 0.4) is 0 Å². The molecule has 0 saturated carbocycles. The maximum atomic E-state index is 11.7. The molecule has 0 spiro atoms. The molecule has 0 unspecified atom stereocenters. The van der Waals surface area contributed by atoms with Crippen molar-refractivity contribution >= 4 is 11.8 Å². The molecule has 0 aliphatic heterocycles. The van der Waals surface area contributed by atoms with E-state index in [1.807, 2.05) is 0 Å². The maximum Gasteiger partial charge on any atom is 0.306 e. The van der Waals surface area contributed by atoms with Crippen molar-refractivity contribution in [2.24, 2.45) is 0 Å². The first-order chi connectivity index (χ1) is 8.60. The van der Waals surface area contributed by atoms with E-state index in [0.29, 0.717) is 0 Å². The topological polar surface area (TPSA) is 100 Å². The molecule has 94 valence electrons. The fraction of sp³-hybridized carbons (Fsp3) is 0.333. The molecule has 1 heterocycles. The largest absolute Gasteiger partial charge is 0.504 e. The summed E-state index contributed by atoms with van der Waals surface area (Å²) in [5.41, 5.74) is -0.220. The Morgan fingerprint density at radius 1 is 1.50 bits per heavy atom. The lowest BCUT2D eigenvalue weighted by Gasteiger charge is -2.04. The minimum atomic E-state index is -0.472. The number of esters is 1. The van der Waals surface area contributed by atoms with Gasteiger partial charge in [0, 0.05) is 12.6 Å². The SMILES string of the molecule is CCOC(=O)CCC(=O)c1ccnc(C#N)c1O. The molecule has 1 aromatic heterocycles. The number of nitrogens with zero attached hydrogens (tertiary/aromatic N) is 2. The number of aromatic nitrogens is 1. The van der Waals surface area contributed by atoms with Gasteiger partial charge in [0.1, 0.15) is 6.07 Å². The highest BCUT2D eigenvalue weighted by Crippen LogP contribution is 2.21. The van der Waals surface area contributed by atoms with Gasteiger partial charge >= 0.3 is 5.97 Å². The van der Waals surface area contributed by atoms with E-state index in [2.05, 4.69) is 9.72 Å². The van der Waals surface area contributed by atoms with Gasteiger partial charge in [0.2, 0.25) is 0 Å². The van der Waals surface area contributed by atoms with E-state index in [1.165, 1.54) is 12.3 Å². The number of ketones is 1. The highest BCUT2D eigenvalue weighted by atomic mass is 16.5. The van der Waals surface area contributed by atoms with Crippen LogP contribution in [0.4, 0.5) is 0 Å². The Hall–Kier alpha value is -2.42. The van der Waals surface area contributed by atoms with Crippen molar-refractivity contribution in [3.8, 4) is 11.8 Å².